The maximum atomic E-state index is 11.7. The van der Waals surface area contributed by atoms with Crippen LogP contribution in [0.15, 0.2) is 48.6 Å². The second kappa shape index (κ2) is 12.7. The van der Waals surface area contributed by atoms with Crippen LogP contribution >= 0.6 is 0 Å². The van der Waals surface area contributed by atoms with Crippen molar-refractivity contribution >= 4 is 5.97 Å². The van der Waals surface area contributed by atoms with Crippen molar-refractivity contribution in [2.45, 2.75) is 77.9 Å². The van der Waals surface area contributed by atoms with Crippen molar-refractivity contribution < 1.29 is 14.3 Å². The zero-order chi connectivity index (χ0) is 19.3. The molecule has 1 rings (SSSR count). The summed E-state index contributed by atoms with van der Waals surface area (Å²) in [6.07, 6.45) is 25.0. The zero-order valence-electron chi connectivity index (χ0n) is 16.9. The van der Waals surface area contributed by atoms with Gasteiger partial charge in [0.25, 0.3) is 0 Å². The van der Waals surface area contributed by atoms with Crippen LogP contribution < -0.4 is 0 Å². The molecule has 0 bridgehead atoms. The van der Waals surface area contributed by atoms with Gasteiger partial charge in [0.1, 0.15) is 0 Å². The van der Waals surface area contributed by atoms with Gasteiger partial charge in [-0.15, -0.1) is 0 Å². The lowest BCUT2D eigenvalue weighted by Crippen LogP contribution is -2.26. The summed E-state index contributed by atoms with van der Waals surface area (Å²) < 4.78 is 10.5. The molecule has 0 spiro atoms. The van der Waals surface area contributed by atoms with Gasteiger partial charge in [0, 0.05) is 0 Å². The van der Waals surface area contributed by atoms with Gasteiger partial charge in [-0.3, -0.25) is 4.79 Å². The van der Waals surface area contributed by atoms with Crippen LogP contribution in [-0.2, 0) is 14.3 Å². The van der Waals surface area contributed by atoms with Gasteiger partial charge in [0.15, 0.2) is 0 Å². The van der Waals surface area contributed by atoms with Crippen molar-refractivity contribution in [1.29, 1.82) is 0 Å². The predicted octanol–water partition coefficient (Wildman–Crippen LogP) is 5.93. The lowest BCUT2D eigenvalue weighted by Gasteiger charge is -2.20. The normalized spacial score (nSPS) is 20.8. The number of hydrogen-bond donors (Lipinski definition) is 0. The average molecular weight is 361 g/mol. The van der Waals surface area contributed by atoms with Crippen LogP contribution in [0.2, 0.25) is 0 Å². The highest BCUT2D eigenvalue weighted by Crippen LogP contribution is 2.34. The van der Waals surface area contributed by atoms with E-state index in [4.69, 9.17) is 9.47 Å². The number of epoxide rings is 1. The third-order valence-corrected chi connectivity index (χ3v) is 4.57. The molecule has 3 heteroatoms. The largest absolute Gasteiger partial charge is 0.469 e. The highest BCUT2D eigenvalue weighted by molar-refractivity contribution is 5.75. The molecule has 0 aromatic rings. The molecule has 0 N–H and O–H groups in total. The van der Waals surface area contributed by atoms with E-state index < -0.39 is 5.41 Å². The molecule has 0 aromatic carbocycles. The van der Waals surface area contributed by atoms with Gasteiger partial charge in [-0.25, -0.2) is 0 Å². The summed E-state index contributed by atoms with van der Waals surface area (Å²) in [5.41, 5.74) is -0.424. The SMILES string of the molecule is CC/C=C\C/C=C\C/C=C\C/C=C\CC1OC1CCC(C)(C)C(=O)OC. The number of allylic oxidation sites excluding steroid dienone is 7. The zero-order valence-corrected chi connectivity index (χ0v) is 16.9. The molecule has 0 saturated carbocycles. The van der Waals surface area contributed by atoms with Gasteiger partial charge < -0.3 is 9.47 Å². The molecule has 26 heavy (non-hydrogen) atoms. The molecule has 146 valence electrons. The minimum atomic E-state index is -0.424. The molecule has 1 saturated heterocycles. The van der Waals surface area contributed by atoms with E-state index in [0.717, 1.165) is 44.9 Å². The molecule has 2 unspecified atom stereocenters. The number of methoxy groups -OCH3 is 1. The number of carbonyl (C=O) groups excluding carboxylic acids is 1. The van der Waals surface area contributed by atoms with Crippen molar-refractivity contribution in [3.05, 3.63) is 48.6 Å². The van der Waals surface area contributed by atoms with Crippen LogP contribution in [0.5, 0.6) is 0 Å². The first-order valence-corrected chi connectivity index (χ1v) is 9.85. The van der Waals surface area contributed by atoms with E-state index in [1.165, 1.54) is 7.11 Å². The Bertz CT molecular complexity index is 512. The molecular weight excluding hydrogens is 324 g/mol. The fourth-order valence-corrected chi connectivity index (χ4v) is 2.73. The second-order valence-electron chi connectivity index (χ2n) is 7.36. The minimum Gasteiger partial charge on any atom is -0.469 e. The van der Waals surface area contributed by atoms with Gasteiger partial charge in [0.05, 0.1) is 24.7 Å². The van der Waals surface area contributed by atoms with E-state index in [-0.39, 0.29) is 5.97 Å². The molecule has 1 heterocycles. The summed E-state index contributed by atoms with van der Waals surface area (Å²) in [6, 6.07) is 0. The van der Waals surface area contributed by atoms with E-state index in [9.17, 15) is 4.79 Å². The number of rotatable bonds is 13. The van der Waals surface area contributed by atoms with Gasteiger partial charge in [-0.05, 0) is 58.8 Å². The summed E-state index contributed by atoms with van der Waals surface area (Å²) in [7, 11) is 1.45. The molecule has 0 amide bonds. The second-order valence-corrected chi connectivity index (χ2v) is 7.36. The molecule has 0 aromatic heterocycles. The highest BCUT2D eigenvalue weighted by atomic mass is 16.6. The van der Waals surface area contributed by atoms with Crippen LogP contribution in [-0.4, -0.2) is 25.3 Å². The Labute approximate surface area is 159 Å². The van der Waals surface area contributed by atoms with Crippen LogP contribution in [0.1, 0.15) is 65.7 Å². The van der Waals surface area contributed by atoms with E-state index in [0.29, 0.717) is 12.2 Å². The maximum Gasteiger partial charge on any atom is 0.311 e. The summed E-state index contributed by atoms with van der Waals surface area (Å²) in [4.78, 5) is 11.7. The van der Waals surface area contributed by atoms with Gasteiger partial charge in [-0.1, -0.05) is 55.5 Å². The summed E-state index contributed by atoms with van der Waals surface area (Å²) in [6.45, 7) is 6.01. The quantitative estimate of drug-likeness (QED) is 0.232. The number of ether oxygens (including phenoxy) is 2. The molecule has 0 aliphatic carbocycles. The topological polar surface area (TPSA) is 38.8 Å². The molecule has 1 aliphatic heterocycles. The number of esters is 1. The van der Waals surface area contributed by atoms with Crippen molar-refractivity contribution in [2.75, 3.05) is 7.11 Å². The van der Waals surface area contributed by atoms with E-state index in [1.807, 2.05) is 13.8 Å². The molecule has 1 fully saturated rings. The van der Waals surface area contributed by atoms with Crippen LogP contribution in [0, 0.1) is 5.41 Å². The van der Waals surface area contributed by atoms with Gasteiger partial charge >= 0.3 is 5.97 Å². The fraction of sp³-hybridized carbons (Fsp3) is 0.609. The smallest absolute Gasteiger partial charge is 0.311 e. The van der Waals surface area contributed by atoms with Gasteiger partial charge in [0.2, 0.25) is 0 Å². The van der Waals surface area contributed by atoms with Crippen LogP contribution in [0.25, 0.3) is 0 Å². The Hall–Kier alpha value is -1.61. The standard InChI is InChI=1S/C23H36O3/c1-5-6-7-8-9-10-11-12-13-14-15-16-17-20-21(26-20)18-19-23(2,3)22(24)25-4/h6-7,9-10,12-13,15-16,20-21H,5,8,11,14,17-19H2,1-4H3/b7-6-,10-9-,13-12-,16-15-. The number of carbonyl (C=O) groups is 1. The van der Waals surface area contributed by atoms with Crippen molar-refractivity contribution in [2.24, 2.45) is 5.41 Å². The lowest BCUT2D eigenvalue weighted by molar-refractivity contribution is -0.151. The first-order valence-electron chi connectivity index (χ1n) is 9.85. The van der Waals surface area contributed by atoms with E-state index in [1.54, 1.807) is 0 Å². The first-order chi connectivity index (χ1) is 12.5. The fourth-order valence-electron chi connectivity index (χ4n) is 2.73. The van der Waals surface area contributed by atoms with Crippen LogP contribution in [0.4, 0.5) is 0 Å². The van der Waals surface area contributed by atoms with Crippen LogP contribution in [0.3, 0.4) is 0 Å². The molecule has 3 nitrogen and oxygen atoms in total. The third-order valence-electron chi connectivity index (χ3n) is 4.57. The minimum absolute atomic E-state index is 0.145. The van der Waals surface area contributed by atoms with Crippen molar-refractivity contribution in [3.8, 4) is 0 Å². The lowest BCUT2D eigenvalue weighted by atomic mass is 9.87. The third kappa shape index (κ3) is 9.76. The Morgan fingerprint density at radius 2 is 1.46 bits per heavy atom. The van der Waals surface area contributed by atoms with Crippen molar-refractivity contribution in [3.63, 3.8) is 0 Å². The Morgan fingerprint density at radius 3 is 2.00 bits per heavy atom. The molecule has 2 atom stereocenters. The molecular formula is C23H36O3. The Balaban J connectivity index is 2.05. The monoisotopic (exact) mass is 360 g/mol. The molecule has 1 aliphatic rings. The van der Waals surface area contributed by atoms with E-state index >= 15 is 0 Å². The molecule has 0 radical (unpaired) electrons. The Kier molecular flexibility index (Phi) is 11.0. The van der Waals surface area contributed by atoms with Crippen molar-refractivity contribution in [1.82, 2.24) is 0 Å². The van der Waals surface area contributed by atoms with E-state index in [2.05, 4.69) is 55.5 Å². The predicted molar refractivity (Wildman–Crippen MR) is 109 cm³/mol. The first kappa shape index (κ1) is 22.4. The maximum absolute atomic E-state index is 11.7. The highest BCUT2D eigenvalue weighted by Gasteiger charge is 2.39. The number of hydrogen-bond acceptors (Lipinski definition) is 3. The Morgan fingerprint density at radius 1 is 0.923 bits per heavy atom. The summed E-state index contributed by atoms with van der Waals surface area (Å²) in [5.74, 6) is -0.145. The average Bonchev–Trinajstić information content (AvgIpc) is 3.38. The van der Waals surface area contributed by atoms with Gasteiger partial charge in [-0.2, -0.15) is 0 Å². The summed E-state index contributed by atoms with van der Waals surface area (Å²) >= 11 is 0. The summed E-state index contributed by atoms with van der Waals surface area (Å²) in [5, 5.41) is 0.